The lowest BCUT2D eigenvalue weighted by molar-refractivity contribution is 0.461. The molecule has 1 aromatic carbocycles. The fourth-order valence-electron chi connectivity index (χ4n) is 2.19. The van der Waals surface area contributed by atoms with E-state index in [1.165, 1.54) is 29.5 Å². The van der Waals surface area contributed by atoms with Crippen molar-refractivity contribution in [1.29, 1.82) is 0 Å². The molecular formula is C15H23N. The van der Waals surface area contributed by atoms with Gasteiger partial charge in [0.2, 0.25) is 0 Å². The molecule has 0 heterocycles. The molecule has 0 radical (unpaired) electrons. The molecule has 1 heteroatoms. The third-order valence-corrected chi connectivity index (χ3v) is 3.79. The van der Waals surface area contributed by atoms with Gasteiger partial charge in [0.05, 0.1) is 0 Å². The van der Waals surface area contributed by atoms with Crippen LogP contribution in [-0.4, -0.2) is 6.54 Å². The van der Waals surface area contributed by atoms with Gasteiger partial charge in [0, 0.05) is 6.54 Å². The Kier molecular flexibility index (Phi) is 3.65. The summed E-state index contributed by atoms with van der Waals surface area (Å²) in [5.74, 6) is 1.86. The van der Waals surface area contributed by atoms with Crippen LogP contribution in [0.25, 0.3) is 0 Å². The molecule has 16 heavy (non-hydrogen) atoms. The molecule has 0 saturated heterocycles. The summed E-state index contributed by atoms with van der Waals surface area (Å²) in [6, 6.07) is 6.75. The Balaban J connectivity index is 1.78. The summed E-state index contributed by atoms with van der Waals surface area (Å²) in [5, 5.41) is 3.57. The Hall–Kier alpha value is -0.820. The van der Waals surface area contributed by atoms with Crippen LogP contribution in [0.3, 0.4) is 0 Å². The molecule has 1 unspecified atom stereocenters. The van der Waals surface area contributed by atoms with Gasteiger partial charge in [0.15, 0.2) is 0 Å². The van der Waals surface area contributed by atoms with Crippen LogP contribution < -0.4 is 5.32 Å². The van der Waals surface area contributed by atoms with Crippen molar-refractivity contribution in [2.45, 2.75) is 40.2 Å². The second-order valence-corrected chi connectivity index (χ2v) is 5.36. The Labute approximate surface area is 99.3 Å². The molecule has 0 amide bonds. The largest absolute Gasteiger partial charge is 0.312 e. The number of rotatable bonds is 5. The van der Waals surface area contributed by atoms with Crippen molar-refractivity contribution >= 4 is 0 Å². The molecule has 1 saturated carbocycles. The first kappa shape index (κ1) is 11.7. The highest BCUT2D eigenvalue weighted by atomic mass is 14.9. The van der Waals surface area contributed by atoms with Crippen LogP contribution in [0.5, 0.6) is 0 Å². The van der Waals surface area contributed by atoms with Crippen molar-refractivity contribution in [2.75, 3.05) is 6.54 Å². The van der Waals surface area contributed by atoms with E-state index in [9.17, 15) is 0 Å². The zero-order valence-corrected chi connectivity index (χ0v) is 10.7. The van der Waals surface area contributed by atoms with Crippen LogP contribution in [-0.2, 0) is 6.54 Å². The molecular weight excluding hydrogens is 194 g/mol. The Bertz CT molecular complexity index is 352. The predicted octanol–water partition coefficient (Wildman–Crippen LogP) is 3.44. The minimum absolute atomic E-state index is 0.853. The number of hydrogen-bond acceptors (Lipinski definition) is 1. The Morgan fingerprint density at radius 1 is 1.25 bits per heavy atom. The molecule has 1 nitrogen and oxygen atoms in total. The topological polar surface area (TPSA) is 12.0 Å². The van der Waals surface area contributed by atoms with Crippen molar-refractivity contribution in [3.8, 4) is 0 Å². The number of nitrogens with one attached hydrogen (secondary N) is 1. The van der Waals surface area contributed by atoms with Gasteiger partial charge < -0.3 is 5.32 Å². The summed E-state index contributed by atoms with van der Waals surface area (Å²) in [4.78, 5) is 0. The Morgan fingerprint density at radius 2 is 2.00 bits per heavy atom. The minimum atomic E-state index is 0.853. The minimum Gasteiger partial charge on any atom is -0.312 e. The van der Waals surface area contributed by atoms with Gasteiger partial charge in [-0.25, -0.2) is 0 Å². The van der Waals surface area contributed by atoms with Gasteiger partial charge in [-0.1, -0.05) is 25.1 Å². The van der Waals surface area contributed by atoms with Crippen LogP contribution in [0.2, 0.25) is 0 Å². The number of hydrogen-bond donors (Lipinski definition) is 1. The molecule has 1 fully saturated rings. The van der Waals surface area contributed by atoms with Crippen molar-refractivity contribution in [2.24, 2.45) is 11.8 Å². The summed E-state index contributed by atoms with van der Waals surface area (Å²) in [6.07, 6.45) is 2.90. The van der Waals surface area contributed by atoms with E-state index in [0.29, 0.717) is 0 Å². The average molecular weight is 217 g/mol. The summed E-state index contributed by atoms with van der Waals surface area (Å²) in [5.41, 5.74) is 4.19. The van der Waals surface area contributed by atoms with E-state index in [1.807, 2.05) is 0 Å². The van der Waals surface area contributed by atoms with Crippen molar-refractivity contribution in [3.63, 3.8) is 0 Å². The van der Waals surface area contributed by atoms with Crippen LogP contribution in [0, 0.1) is 25.7 Å². The quantitative estimate of drug-likeness (QED) is 0.796. The monoisotopic (exact) mass is 217 g/mol. The first-order valence-corrected chi connectivity index (χ1v) is 6.43. The van der Waals surface area contributed by atoms with E-state index < -0.39 is 0 Å². The molecule has 0 aromatic heterocycles. The maximum atomic E-state index is 3.57. The Morgan fingerprint density at radius 3 is 2.62 bits per heavy atom. The van der Waals surface area contributed by atoms with Crippen LogP contribution >= 0.6 is 0 Å². The zero-order valence-electron chi connectivity index (χ0n) is 10.7. The van der Waals surface area contributed by atoms with Gasteiger partial charge in [-0.2, -0.15) is 0 Å². The van der Waals surface area contributed by atoms with Crippen molar-refractivity contribution < 1.29 is 0 Å². The standard InChI is InChI=1S/C15H23N/c1-11-4-5-14(8-12(11)2)10-16-9-13(3)15-6-7-15/h4-5,8,13,15-16H,6-7,9-10H2,1-3H3. The summed E-state index contributed by atoms with van der Waals surface area (Å²) < 4.78 is 0. The SMILES string of the molecule is Cc1ccc(CNCC(C)C2CC2)cc1C. The van der Waals surface area contributed by atoms with E-state index in [-0.39, 0.29) is 0 Å². The smallest absolute Gasteiger partial charge is 0.0205 e. The van der Waals surface area contributed by atoms with Gasteiger partial charge in [-0.3, -0.25) is 0 Å². The van der Waals surface area contributed by atoms with E-state index in [2.05, 4.69) is 44.3 Å². The third kappa shape index (κ3) is 3.08. The maximum absolute atomic E-state index is 3.57. The van der Waals surface area contributed by atoms with Crippen LogP contribution in [0.1, 0.15) is 36.5 Å². The van der Waals surface area contributed by atoms with Gasteiger partial charge in [-0.05, 0) is 61.8 Å². The molecule has 1 N–H and O–H groups in total. The van der Waals surface area contributed by atoms with E-state index >= 15 is 0 Å². The van der Waals surface area contributed by atoms with Crippen LogP contribution in [0.15, 0.2) is 18.2 Å². The van der Waals surface area contributed by atoms with Crippen LogP contribution in [0.4, 0.5) is 0 Å². The molecule has 0 spiro atoms. The second kappa shape index (κ2) is 5.01. The normalized spacial score (nSPS) is 17.4. The van der Waals surface area contributed by atoms with Gasteiger partial charge in [-0.15, -0.1) is 0 Å². The van der Waals surface area contributed by atoms with Gasteiger partial charge in [0.25, 0.3) is 0 Å². The second-order valence-electron chi connectivity index (χ2n) is 5.36. The third-order valence-electron chi connectivity index (χ3n) is 3.79. The molecule has 0 aliphatic heterocycles. The fraction of sp³-hybridized carbons (Fsp3) is 0.600. The van der Waals surface area contributed by atoms with E-state index in [1.54, 1.807) is 0 Å². The summed E-state index contributed by atoms with van der Waals surface area (Å²) in [6.45, 7) is 8.90. The predicted molar refractivity (Wildman–Crippen MR) is 69.5 cm³/mol. The van der Waals surface area contributed by atoms with Crippen molar-refractivity contribution in [1.82, 2.24) is 5.32 Å². The molecule has 1 atom stereocenters. The summed E-state index contributed by atoms with van der Waals surface area (Å²) >= 11 is 0. The first-order chi connectivity index (χ1) is 7.66. The maximum Gasteiger partial charge on any atom is 0.0205 e. The van der Waals surface area contributed by atoms with E-state index in [4.69, 9.17) is 0 Å². The highest BCUT2D eigenvalue weighted by molar-refractivity contribution is 5.29. The lowest BCUT2D eigenvalue weighted by Gasteiger charge is -2.12. The average Bonchev–Trinajstić information content (AvgIpc) is 3.07. The highest BCUT2D eigenvalue weighted by Gasteiger charge is 2.27. The van der Waals surface area contributed by atoms with Crippen molar-refractivity contribution in [3.05, 3.63) is 34.9 Å². The molecule has 88 valence electrons. The lowest BCUT2D eigenvalue weighted by Crippen LogP contribution is -2.21. The summed E-state index contributed by atoms with van der Waals surface area (Å²) in [7, 11) is 0. The molecule has 1 aromatic rings. The fourth-order valence-corrected chi connectivity index (χ4v) is 2.19. The number of aryl methyl sites for hydroxylation is 2. The molecule has 1 aliphatic rings. The lowest BCUT2D eigenvalue weighted by atomic mass is 10.1. The molecule has 0 bridgehead atoms. The van der Waals surface area contributed by atoms with Gasteiger partial charge >= 0.3 is 0 Å². The van der Waals surface area contributed by atoms with Gasteiger partial charge in [0.1, 0.15) is 0 Å². The molecule has 2 rings (SSSR count). The highest BCUT2D eigenvalue weighted by Crippen LogP contribution is 2.36. The first-order valence-electron chi connectivity index (χ1n) is 6.43. The van der Waals surface area contributed by atoms with E-state index in [0.717, 1.165) is 24.9 Å². The molecule has 1 aliphatic carbocycles. The zero-order chi connectivity index (χ0) is 11.5. The number of benzene rings is 1.